The molecular weight excluding hydrogens is 280 g/mol. The van der Waals surface area contributed by atoms with E-state index in [1.807, 2.05) is 18.2 Å². The molecule has 0 spiro atoms. The quantitative estimate of drug-likeness (QED) is 0.647. The van der Waals surface area contributed by atoms with E-state index in [1.54, 1.807) is 0 Å². The predicted octanol–water partition coefficient (Wildman–Crippen LogP) is 3.40. The Hall–Kier alpha value is -0.740. The van der Waals surface area contributed by atoms with Crippen LogP contribution in [0.5, 0.6) is 0 Å². The van der Waals surface area contributed by atoms with Crippen LogP contribution < -0.4 is 11.1 Å². The highest BCUT2D eigenvalue weighted by Gasteiger charge is 2.14. The van der Waals surface area contributed by atoms with Gasteiger partial charge in [0.2, 0.25) is 0 Å². The average molecular weight is 299 g/mol. The van der Waals surface area contributed by atoms with Crippen LogP contribution >= 0.6 is 15.9 Å². The molecule has 2 rings (SSSR count). The van der Waals surface area contributed by atoms with E-state index in [0.29, 0.717) is 6.10 Å². The zero-order chi connectivity index (χ0) is 12.1. The Labute approximate surface area is 111 Å². The molecule has 1 aliphatic carbocycles. The molecule has 0 aromatic heterocycles. The number of benzene rings is 1. The first-order valence-corrected chi connectivity index (χ1v) is 6.95. The third kappa shape index (κ3) is 3.89. The van der Waals surface area contributed by atoms with E-state index < -0.39 is 0 Å². The van der Waals surface area contributed by atoms with Crippen LogP contribution in [0.15, 0.2) is 22.7 Å². The fourth-order valence-electron chi connectivity index (χ4n) is 2.15. The minimum Gasteiger partial charge on any atom is -0.397 e. The number of hydrogen-bond donors (Lipinski definition) is 2. The summed E-state index contributed by atoms with van der Waals surface area (Å²) in [6, 6.07) is 5.82. The van der Waals surface area contributed by atoms with Gasteiger partial charge in [0.15, 0.2) is 0 Å². The monoisotopic (exact) mass is 298 g/mol. The zero-order valence-corrected chi connectivity index (χ0v) is 11.5. The van der Waals surface area contributed by atoms with Gasteiger partial charge in [-0.05, 0) is 31.0 Å². The summed E-state index contributed by atoms with van der Waals surface area (Å²) in [7, 11) is 0. The third-order valence-corrected chi connectivity index (χ3v) is 3.58. The molecule has 3 nitrogen and oxygen atoms in total. The lowest BCUT2D eigenvalue weighted by molar-refractivity contribution is 0.0659. The minimum atomic E-state index is 0.483. The topological polar surface area (TPSA) is 47.3 Å². The van der Waals surface area contributed by atoms with Crippen molar-refractivity contribution in [2.24, 2.45) is 0 Å². The number of nitrogen functional groups attached to an aromatic ring is 1. The highest BCUT2D eigenvalue weighted by atomic mass is 79.9. The number of anilines is 2. The molecule has 1 saturated carbocycles. The van der Waals surface area contributed by atoms with Crippen LogP contribution in [0.4, 0.5) is 11.4 Å². The van der Waals surface area contributed by atoms with Crippen LogP contribution in [-0.4, -0.2) is 19.3 Å². The van der Waals surface area contributed by atoms with Crippen molar-refractivity contribution in [3.63, 3.8) is 0 Å². The second kappa shape index (κ2) is 6.26. The molecule has 1 aromatic rings. The van der Waals surface area contributed by atoms with Crippen LogP contribution in [-0.2, 0) is 4.74 Å². The summed E-state index contributed by atoms with van der Waals surface area (Å²) in [5.41, 5.74) is 7.61. The first-order valence-electron chi connectivity index (χ1n) is 6.16. The summed E-state index contributed by atoms with van der Waals surface area (Å²) >= 11 is 3.43. The summed E-state index contributed by atoms with van der Waals surface area (Å²) in [6.07, 6.45) is 5.56. The van der Waals surface area contributed by atoms with Crippen molar-refractivity contribution in [2.75, 3.05) is 24.2 Å². The van der Waals surface area contributed by atoms with Gasteiger partial charge in [-0.25, -0.2) is 0 Å². The van der Waals surface area contributed by atoms with Crippen molar-refractivity contribution < 1.29 is 4.74 Å². The van der Waals surface area contributed by atoms with Gasteiger partial charge in [0.1, 0.15) is 0 Å². The van der Waals surface area contributed by atoms with Gasteiger partial charge in [0.05, 0.1) is 24.1 Å². The van der Waals surface area contributed by atoms with Crippen molar-refractivity contribution in [1.29, 1.82) is 0 Å². The van der Waals surface area contributed by atoms with Crippen LogP contribution in [0.3, 0.4) is 0 Å². The van der Waals surface area contributed by atoms with Crippen molar-refractivity contribution in [3.8, 4) is 0 Å². The van der Waals surface area contributed by atoms with Gasteiger partial charge in [-0.1, -0.05) is 28.8 Å². The molecule has 0 saturated heterocycles. The van der Waals surface area contributed by atoms with E-state index in [4.69, 9.17) is 10.5 Å². The maximum absolute atomic E-state index is 5.87. The summed E-state index contributed by atoms with van der Waals surface area (Å²) < 4.78 is 6.81. The molecule has 0 aliphatic heterocycles. The molecule has 0 unspecified atom stereocenters. The van der Waals surface area contributed by atoms with E-state index in [1.165, 1.54) is 25.7 Å². The predicted molar refractivity (Wildman–Crippen MR) is 75.3 cm³/mol. The Bertz CT molecular complexity index is 364. The first-order chi connectivity index (χ1) is 8.25. The largest absolute Gasteiger partial charge is 0.397 e. The van der Waals surface area contributed by atoms with E-state index >= 15 is 0 Å². The molecule has 1 aromatic carbocycles. The first kappa shape index (κ1) is 12.7. The fraction of sp³-hybridized carbons (Fsp3) is 0.538. The molecule has 3 N–H and O–H groups in total. The second-order valence-electron chi connectivity index (χ2n) is 4.44. The van der Waals surface area contributed by atoms with Crippen molar-refractivity contribution >= 4 is 27.3 Å². The fourth-order valence-corrected chi connectivity index (χ4v) is 2.51. The third-order valence-electron chi connectivity index (χ3n) is 3.09. The summed E-state index contributed by atoms with van der Waals surface area (Å²) in [6.45, 7) is 1.55. The zero-order valence-electron chi connectivity index (χ0n) is 9.92. The SMILES string of the molecule is Nc1ccc(Br)cc1NCCOC1CCCC1. The van der Waals surface area contributed by atoms with Gasteiger partial charge in [-0.3, -0.25) is 0 Å². The van der Waals surface area contributed by atoms with E-state index in [0.717, 1.165) is 29.0 Å². The maximum Gasteiger partial charge on any atom is 0.0642 e. The molecule has 4 heteroatoms. The number of nitrogens with one attached hydrogen (secondary N) is 1. The summed E-state index contributed by atoms with van der Waals surface area (Å²) in [5, 5.41) is 3.30. The van der Waals surface area contributed by atoms with Gasteiger partial charge in [0.25, 0.3) is 0 Å². The van der Waals surface area contributed by atoms with E-state index in [2.05, 4.69) is 21.2 Å². The number of nitrogens with two attached hydrogens (primary N) is 1. The number of ether oxygens (including phenoxy) is 1. The van der Waals surface area contributed by atoms with Gasteiger partial charge in [-0.15, -0.1) is 0 Å². The Kier molecular flexibility index (Phi) is 4.68. The van der Waals surface area contributed by atoms with Gasteiger partial charge < -0.3 is 15.8 Å². The Morgan fingerprint density at radius 3 is 2.88 bits per heavy atom. The lowest BCUT2D eigenvalue weighted by atomic mass is 10.2. The molecule has 1 fully saturated rings. The van der Waals surface area contributed by atoms with Crippen molar-refractivity contribution in [2.45, 2.75) is 31.8 Å². The molecule has 1 aliphatic rings. The molecular formula is C13H19BrN2O. The van der Waals surface area contributed by atoms with Crippen LogP contribution in [0.2, 0.25) is 0 Å². The molecule has 0 bridgehead atoms. The normalized spacial score (nSPS) is 16.3. The smallest absolute Gasteiger partial charge is 0.0642 e. The Balaban J connectivity index is 1.72. The van der Waals surface area contributed by atoms with Gasteiger partial charge >= 0.3 is 0 Å². The second-order valence-corrected chi connectivity index (χ2v) is 5.35. The highest BCUT2D eigenvalue weighted by molar-refractivity contribution is 9.10. The maximum atomic E-state index is 5.87. The molecule has 94 valence electrons. The standard InChI is InChI=1S/C13H19BrN2O/c14-10-5-6-12(15)13(9-10)16-7-8-17-11-3-1-2-4-11/h5-6,9,11,16H,1-4,7-8,15H2. The van der Waals surface area contributed by atoms with Gasteiger partial charge in [-0.2, -0.15) is 0 Å². The summed E-state index contributed by atoms with van der Waals surface area (Å²) in [4.78, 5) is 0. The highest BCUT2D eigenvalue weighted by Crippen LogP contribution is 2.23. The van der Waals surface area contributed by atoms with E-state index in [9.17, 15) is 0 Å². The lowest BCUT2D eigenvalue weighted by Crippen LogP contribution is -2.15. The molecule has 0 radical (unpaired) electrons. The van der Waals surface area contributed by atoms with E-state index in [-0.39, 0.29) is 0 Å². The number of rotatable bonds is 5. The van der Waals surface area contributed by atoms with Gasteiger partial charge in [0, 0.05) is 11.0 Å². The lowest BCUT2D eigenvalue weighted by Gasteiger charge is -2.13. The minimum absolute atomic E-state index is 0.483. The van der Waals surface area contributed by atoms with Crippen molar-refractivity contribution in [1.82, 2.24) is 0 Å². The molecule has 0 amide bonds. The average Bonchev–Trinajstić information content (AvgIpc) is 2.82. The van der Waals surface area contributed by atoms with Crippen LogP contribution in [0, 0.1) is 0 Å². The van der Waals surface area contributed by atoms with Crippen LogP contribution in [0.1, 0.15) is 25.7 Å². The Morgan fingerprint density at radius 2 is 2.12 bits per heavy atom. The van der Waals surface area contributed by atoms with Crippen molar-refractivity contribution in [3.05, 3.63) is 22.7 Å². The number of hydrogen-bond acceptors (Lipinski definition) is 3. The molecule has 0 heterocycles. The molecule has 17 heavy (non-hydrogen) atoms. The summed E-state index contributed by atoms with van der Waals surface area (Å²) in [5.74, 6) is 0. The number of halogens is 1. The molecule has 0 atom stereocenters. The van der Waals surface area contributed by atoms with Crippen LogP contribution in [0.25, 0.3) is 0 Å². The Morgan fingerprint density at radius 1 is 1.35 bits per heavy atom.